The molecule has 0 aromatic carbocycles. The Hall–Kier alpha value is -0.160. The molecule has 100 valence electrons. The first-order chi connectivity index (χ1) is 8.29. The van der Waals surface area contributed by atoms with Gasteiger partial charge in [-0.1, -0.05) is 12.8 Å². The average Bonchev–Trinajstić information content (AvgIpc) is 2.70. The van der Waals surface area contributed by atoms with Gasteiger partial charge in [0.2, 0.25) is 0 Å². The molecule has 2 heterocycles. The number of ether oxygens (including phenoxy) is 1. The molecule has 2 aliphatic rings. The highest BCUT2D eigenvalue weighted by Crippen LogP contribution is 2.31. The summed E-state index contributed by atoms with van der Waals surface area (Å²) in [5, 5.41) is 19.1. The van der Waals surface area contributed by atoms with Gasteiger partial charge in [-0.3, -0.25) is 4.90 Å². The van der Waals surface area contributed by atoms with Crippen molar-refractivity contribution in [2.45, 2.75) is 38.1 Å². The number of hydrogen-bond donors (Lipinski definition) is 2. The fourth-order valence-electron chi connectivity index (χ4n) is 3.03. The van der Waals surface area contributed by atoms with Crippen LogP contribution in [0.25, 0.3) is 0 Å². The van der Waals surface area contributed by atoms with Crippen LogP contribution in [0, 0.1) is 5.41 Å². The third-order valence-electron chi connectivity index (χ3n) is 4.27. The summed E-state index contributed by atoms with van der Waals surface area (Å²) in [7, 11) is 0. The molecule has 2 unspecified atom stereocenters. The van der Waals surface area contributed by atoms with Crippen LogP contribution >= 0.6 is 0 Å². The molecule has 4 nitrogen and oxygen atoms in total. The van der Waals surface area contributed by atoms with Gasteiger partial charge in [-0.15, -0.1) is 0 Å². The monoisotopic (exact) mass is 243 g/mol. The zero-order chi connectivity index (χ0) is 12.1. The summed E-state index contributed by atoms with van der Waals surface area (Å²) >= 11 is 0. The molecule has 2 aliphatic heterocycles. The van der Waals surface area contributed by atoms with E-state index in [0.29, 0.717) is 6.61 Å². The van der Waals surface area contributed by atoms with Gasteiger partial charge in [-0.25, -0.2) is 0 Å². The van der Waals surface area contributed by atoms with Crippen LogP contribution in [-0.2, 0) is 4.74 Å². The zero-order valence-corrected chi connectivity index (χ0v) is 10.6. The number of hydrogen-bond acceptors (Lipinski definition) is 4. The van der Waals surface area contributed by atoms with E-state index in [1.807, 2.05) is 0 Å². The van der Waals surface area contributed by atoms with E-state index in [0.717, 1.165) is 32.5 Å². The van der Waals surface area contributed by atoms with Crippen LogP contribution in [0.1, 0.15) is 32.1 Å². The Bertz CT molecular complexity index is 229. The summed E-state index contributed by atoms with van der Waals surface area (Å²) in [6.07, 6.45) is 5.70. The van der Waals surface area contributed by atoms with Crippen LogP contribution in [0.3, 0.4) is 0 Å². The van der Waals surface area contributed by atoms with Crippen molar-refractivity contribution in [3.8, 4) is 0 Å². The summed E-state index contributed by atoms with van der Waals surface area (Å²) in [5.41, 5.74) is -0.0856. The van der Waals surface area contributed by atoms with Crippen molar-refractivity contribution in [2.24, 2.45) is 5.41 Å². The Labute approximate surface area is 104 Å². The second kappa shape index (κ2) is 6.14. The standard InChI is InChI=1S/C13H25NO3/c15-8-12-4-2-1-3-6-14(12)9-13(10-16)5-7-17-11-13/h12,15-16H,1-11H2. The lowest BCUT2D eigenvalue weighted by Crippen LogP contribution is -2.46. The lowest BCUT2D eigenvalue weighted by molar-refractivity contribution is 0.0290. The molecule has 0 bridgehead atoms. The second-order valence-electron chi connectivity index (χ2n) is 5.62. The molecule has 2 N–H and O–H groups in total. The third kappa shape index (κ3) is 3.19. The third-order valence-corrected chi connectivity index (χ3v) is 4.27. The van der Waals surface area contributed by atoms with Crippen molar-refractivity contribution < 1.29 is 14.9 Å². The zero-order valence-electron chi connectivity index (χ0n) is 10.6. The highest BCUT2D eigenvalue weighted by Gasteiger charge is 2.37. The summed E-state index contributed by atoms with van der Waals surface area (Å²) in [6.45, 7) is 3.78. The summed E-state index contributed by atoms with van der Waals surface area (Å²) in [5.74, 6) is 0. The van der Waals surface area contributed by atoms with Crippen LogP contribution in [0.2, 0.25) is 0 Å². The molecule has 0 spiro atoms. The van der Waals surface area contributed by atoms with E-state index >= 15 is 0 Å². The van der Waals surface area contributed by atoms with Gasteiger partial charge >= 0.3 is 0 Å². The maximum atomic E-state index is 9.61. The Morgan fingerprint density at radius 3 is 2.76 bits per heavy atom. The molecule has 17 heavy (non-hydrogen) atoms. The Balaban J connectivity index is 1.98. The van der Waals surface area contributed by atoms with Crippen molar-refractivity contribution in [1.82, 2.24) is 4.90 Å². The normalized spacial score (nSPS) is 36.0. The van der Waals surface area contributed by atoms with Gasteiger partial charge in [0.05, 0.1) is 19.8 Å². The molecule has 0 aromatic rings. The van der Waals surface area contributed by atoms with E-state index in [-0.39, 0.29) is 24.7 Å². The molecule has 2 saturated heterocycles. The van der Waals surface area contributed by atoms with Gasteiger partial charge in [0.1, 0.15) is 0 Å². The van der Waals surface area contributed by atoms with E-state index in [9.17, 15) is 10.2 Å². The molecule has 0 aromatic heterocycles. The number of likely N-dealkylation sites (tertiary alicyclic amines) is 1. The molecule has 2 rings (SSSR count). The van der Waals surface area contributed by atoms with E-state index < -0.39 is 0 Å². The molecule has 0 saturated carbocycles. The van der Waals surface area contributed by atoms with Crippen LogP contribution in [-0.4, -0.2) is 60.7 Å². The largest absolute Gasteiger partial charge is 0.396 e. The van der Waals surface area contributed by atoms with Crippen molar-refractivity contribution in [1.29, 1.82) is 0 Å². The summed E-state index contributed by atoms with van der Waals surface area (Å²) in [6, 6.07) is 0.279. The van der Waals surface area contributed by atoms with Crippen molar-refractivity contribution in [3.05, 3.63) is 0 Å². The van der Waals surface area contributed by atoms with Gasteiger partial charge < -0.3 is 14.9 Å². The van der Waals surface area contributed by atoms with Gasteiger partial charge in [0.25, 0.3) is 0 Å². The van der Waals surface area contributed by atoms with Crippen molar-refractivity contribution in [3.63, 3.8) is 0 Å². The van der Waals surface area contributed by atoms with Crippen LogP contribution in [0.5, 0.6) is 0 Å². The van der Waals surface area contributed by atoms with Crippen LogP contribution in [0.15, 0.2) is 0 Å². The first-order valence-corrected chi connectivity index (χ1v) is 6.83. The second-order valence-corrected chi connectivity index (χ2v) is 5.62. The average molecular weight is 243 g/mol. The molecular formula is C13H25NO3. The number of nitrogens with zero attached hydrogens (tertiary/aromatic N) is 1. The predicted molar refractivity (Wildman–Crippen MR) is 65.9 cm³/mol. The highest BCUT2D eigenvalue weighted by molar-refractivity contribution is 4.88. The molecule has 0 radical (unpaired) electrons. The van der Waals surface area contributed by atoms with Gasteiger partial charge in [0.15, 0.2) is 0 Å². The molecule has 4 heteroatoms. The maximum absolute atomic E-state index is 9.61. The number of aliphatic hydroxyl groups excluding tert-OH is 2. The van der Waals surface area contributed by atoms with E-state index in [2.05, 4.69) is 4.90 Å². The molecule has 2 fully saturated rings. The minimum atomic E-state index is -0.0856. The summed E-state index contributed by atoms with van der Waals surface area (Å²) < 4.78 is 5.44. The van der Waals surface area contributed by atoms with Crippen molar-refractivity contribution >= 4 is 0 Å². The Morgan fingerprint density at radius 2 is 2.12 bits per heavy atom. The lowest BCUT2D eigenvalue weighted by atomic mass is 9.87. The van der Waals surface area contributed by atoms with Gasteiger partial charge in [-0.05, 0) is 25.8 Å². The topological polar surface area (TPSA) is 52.9 Å². The number of aliphatic hydroxyl groups is 2. The highest BCUT2D eigenvalue weighted by atomic mass is 16.5. The summed E-state index contributed by atoms with van der Waals surface area (Å²) in [4.78, 5) is 2.37. The predicted octanol–water partition coefficient (Wildman–Crippen LogP) is 0.622. The lowest BCUT2D eigenvalue weighted by Gasteiger charge is -2.36. The van der Waals surface area contributed by atoms with E-state index in [4.69, 9.17) is 4.74 Å². The quantitative estimate of drug-likeness (QED) is 0.760. The SMILES string of the molecule is OCC1CCCCCN1CC1(CO)CCOC1. The molecule has 2 atom stereocenters. The first kappa shape index (κ1) is 13.3. The van der Waals surface area contributed by atoms with Gasteiger partial charge in [-0.2, -0.15) is 0 Å². The van der Waals surface area contributed by atoms with E-state index in [1.54, 1.807) is 0 Å². The van der Waals surface area contributed by atoms with Crippen LogP contribution in [0.4, 0.5) is 0 Å². The van der Waals surface area contributed by atoms with Gasteiger partial charge in [0, 0.05) is 24.6 Å². The Morgan fingerprint density at radius 1 is 1.24 bits per heavy atom. The molecular weight excluding hydrogens is 218 g/mol. The van der Waals surface area contributed by atoms with Crippen molar-refractivity contribution in [2.75, 3.05) is 39.5 Å². The first-order valence-electron chi connectivity index (χ1n) is 6.83. The minimum absolute atomic E-state index is 0.0856. The fourth-order valence-corrected chi connectivity index (χ4v) is 3.03. The maximum Gasteiger partial charge on any atom is 0.0586 e. The Kier molecular flexibility index (Phi) is 4.79. The smallest absolute Gasteiger partial charge is 0.0586 e. The van der Waals surface area contributed by atoms with E-state index in [1.165, 1.54) is 19.3 Å². The molecule has 0 amide bonds. The molecule has 0 aliphatic carbocycles. The van der Waals surface area contributed by atoms with Crippen LogP contribution < -0.4 is 0 Å². The fraction of sp³-hybridized carbons (Fsp3) is 1.00. The number of rotatable bonds is 4. The minimum Gasteiger partial charge on any atom is -0.396 e.